The van der Waals surface area contributed by atoms with Gasteiger partial charge in [-0.3, -0.25) is 4.79 Å². The maximum atomic E-state index is 12.0. The molecule has 2 rings (SSSR count). The first kappa shape index (κ1) is 15.3. The van der Waals surface area contributed by atoms with Gasteiger partial charge in [-0.1, -0.05) is 29.8 Å². The van der Waals surface area contributed by atoms with Gasteiger partial charge in [0, 0.05) is 24.5 Å². The zero-order valence-corrected chi connectivity index (χ0v) is 12.7. The van der Waals surface area contributed by atoms with Gasteiger partial charge in [-0.15, -0.1) is 0 Å². The van der Waals surface area contributed by atoms with E-state index >= 15 is 0 Å². The fourth-order valence-corrected chi connectivity index (χ4v) is 2.86. The van der Waals surface area contributed by atoms with Crippen LogP contribution in [0.25, 0.3) is 0 Å². The minimum Gasteiger partial charge on any atom is -0.390 e. The molecule has 0 spiro atoms. The Hall–Kier alpha value is -1.10. The zero-order chi connectivity index (χ0) is 14.7. The number of amides is 1. The maximum Gasteiger partial charge on any atom is 0.223 e. The van der Waals surface area contributed by atoms with Gasteiger partial charge in [0.05, 0.1) is 12.1 Å². The quantitative estimate of drug-likeness (QED) is 0.900. The number of halogens is 1. The third-order valence-corrected chi connectivity index (χ3v) is 4.04. The molecule has 0 aliphatic carbocycles. The number of carbonyl (C=O) groups excluding carboxylic acids is 1. The molecule has 1 unspecified atom stereocenters. The average Bonchev–Trinajstić information content (AvgIpc) is 2.73. The molecule has 1 amide bonds. The van der Waals surface area contributed by atoms with Crippen molar-refractivity contribution in [3.05, 3.63) is 34.9 Å². The number of nitrogens with zero attached hydrogens (tertiary/aromatic N) is 2. The predicted octanol–water partition coefficient (Wildman–Crippen LogP) is 1.75. The molecule has 1 aromatic rings. The second-order valence-electron chi connectivity index (χ2n) is 5.55. The molecule has 1 N–H and O–H groups in total. The van der Waals surface area contributed by atoms with Crippen LogP contribution in [-0.2, 0) is 11.3 Å². The molecule has 0 saturated carbocycles. The van der Waals surface area contributed by atoms with E-state index < -0.39 is 6.10 Å². The van der Waals surface area contributed by atoms with Gasteiger partial charge in [-0.2, -0.15) is 0 Å². The monoisotopic (exact) mass is 296 g/mol. The molecule has 1 aliphatic heterocycles. The summed E-state index contributed by atoms with van der Waals surface area (Å²) in [4.78, 5) is 15.7. The molecular weight excluding hydrogens is 276 g/mol. The second-order valence-corrected chi connectivity index (χ2v) is 5.96. The van der Waals surface area contributed by atoms with Crippen LogP contribution in [0.3, 0.4) is 0 Å². The molecule has 1 aliphatic rings. The van der Waals surface area contributed by atoms with Gasteiger partial charge in [0.25, 0.3) is 0 Å². The fourth-order valence-electron chi connectivity index (χ4n) is 2.67. The molecule has 4 nitrogen and oxygen atoms in total. The number of likely N-dealkylation sites (N-methyl/N-ethyl adjacent to an activating group) is 1. The van der Waals surface area contributed by atoms with Crippen LogP contribution in [0.5, 0.6) is 0 Å². The highest BCUT2D eigenvalue weighted by Gasteiger charge is 2.35. The standard InChI is InChI=1S/C15H21ClN2O2/c1-17(2)10-14(19)13-7-8-15(20)18(13)9-11-5-3-4-6-12(11)16/h3-6,13-14,19H,7-10H2,1-2H3/t13-,14?/m0/s1. The second kappa shape index (κ2) is 6.57. The van der Waals surface area contributed by atoms with E-state index in [-0.39, 0.29) is 11.9 Å². The molecule has 1 aromatic carbocycles. The highest BCUT2D eigenvalue weighted by Crippen LogP contribution is 2.26. The van der Waals surface area contributed by atoms with Crippen molar-refractivity contribution in [3.8, 4) is 0 Å². The first-order valence-corrected chi connectivity index (χ1v) is 7.22. The topological polar surface area (TPSA) is 43.8 Å². The summed E-state index contributed by atoms with van der Waals surface area (Å²) in [5, 5.41) is 10.9. The van der Waals surface area contributed by atoms with Gasteiger partial charge in [0.15, 0.2) is 0 Å². The van der Waals surface area contributed by atoms with Gasteiger partial charge in [0.2, 0.25) is 5.91 Å². The lowest BCUT2D eigenvalue weighted by Crippen LogP contribution is -2.44. The molecule has 20 heavy (non-hydrogen) atoms. The number of hydrogen-bond donors (Lipinski definition) is 1. The molecule has 1 fully saturated rings. The molecule has 1 saturated heterocycles. The van der Waals surface area contributed by atoms with Crippen LogP contribution in [0, 0.1) is 0 Å². The Kier molecular flexibility index (Phi) is 5.02. The lowest BCUT2D eigenvalue weighted by Gasteiger charge is -2.30. The maximum absolute atomic E-state index is 12.0. The zero-order valence-electron chi connectivity index (χ0n) is 11.9. The number of benzene rings is 1. The summed E-state index contributed by atoms with van der Waals surface area (Å²) < 4.78 is 0. The summed E-state index contributed by atoms with van der Waals surface area (Å²) in [5.41, 5.74) is 0.923. The number of likely N-dealkylation sites (tertiary alicyclic amines) is 1. The Balaban J connectivity index is 2.11. The summed E-state index contributed by atoms with van der Waals surface area (Å²) in [6.07, 6.45) is 0.677. The van der Waals surface area contributed by atoms with E-state index in [1.807, 2.05) is 43.3 Å². The number of hydrogen-bond acceptors (Lipinski definition) is 3. The third kappa shape index (κ3) is 3.51. The summed E-state index contributed by atoms with van der Waals surface area (Å²) in [6, 6.07) is 7.40. The fraction of sp³-hybridized carbons (Fsp3) is 0.533. The highest BCUT2D eigenvalue weighted by molar-refractivity contribution is 6.31. The van der Waals surface area contributed by atoms with Crippen LogP contribution < -0.4 is 0 Å². The van der Waals surface area contributed by atoms with Gasteiger partial charge in [-0.05, 0) is 32.1 Å². The van der Waals surface area contributed by atoms with Crippen molar-refractivity contribution in [2.24, 2.45) is 0 Å². The van der Waals surface area contributed by atoms with Crippen LogP contribution in [0.2, 0.25) is 5.02 Å². The number of carbonyl (C=O) groups is 1. The van der Waals surface area contributed by atoms with Crippen molar-refractivity contribution in [2.75, 3.05) is 20.6 Å². The lowest BCUT2D eigenvalue weighted by atomic mass is 10.1. The first-order chi connectivity index (χ1) is 9.49. The normalized spacial score (nSPS) is 20.8. The number of rotatable bonds is 5. The summed E-state index contributed by atoms with van der Waals surface area (Å²) in [7, 11) is 3.83. The SMILES string of the molecule is CN(C)CC(O)[C@@H]1CCC(=O)N1Cc1ccccc1Cl. The van der Waals surface area contributed by atoms with Crippen LogP contribution in [-0.4, -0.2) is 53.6 Å². The Morgan fingerprint density at radius 2 is 2.15 bits per heavy atom. The van der Waals surface area contributed by atoms with E-state index in [4.69, 9.17) is 11.6 Å². The van der Waals surface area contributed by atoms with Crippen molar-refractivity contribution >= 4 is 17.5 Å². The average molecular weight is 297 g/mol. The molecule has 2 atom stereocenters. The molecule has 1 heterocycles. The van der Waals surface area contributed by atoms with Crippen LogP contribution in [0.4, 0.5) is 0 Å². The highest BCUT2D eigenvalue weighted by atomic mass is 35.5. The Morgan fingerprint density at radius 1 is 1.45 bits per heavy atom. The van der Waals surface area contributed by atoms with Crippen molar-refractivity contribution in [1.29, 1.82) is 0 Å². The number of aliphatic hydroxyl groups excluding tert-OH is 1. The minimum atomic E-state index is -0.529. The molecule has 0 bridgehead atoms. The third-order valence-electron chi connectivity index (χ3n) is 3.67. The van der Waals surface area contributed by atoms with Crippen molar-refractivity contribution in [1.82, 2.24) is 9.80 Å². The molecule has 0 aromatic heterocycles. The van der Waals surface area contributed by atoms with Crippen molar-refractivity contribution < 1.29 is 9.90 Å². The van der Waals surface area contributed by atoms with Gasteiger partial charge >= 0.3 is 0 Å². The summed E-state index contributed by atoms with van der Waals surface area (Å²) >= 11 is 6.15. The minimum absolute atomic E-state index is 0.0905. The van der Waals surface area contributed by atoms with E-state index in [0.29, 0.717) is 31.0 Å². The van der Waals surface area contributed by atoms with Crippen LogP contribution in [0.1, 0.15) is 18.4 Å². The first-order valence-electron chi connectivity index (χ1n) is 6.84. The molecule has 5 heteroatoms. The summed E-state index contributed by atoms with van der Waals surface area (Å²) in [5.74, 6) is 0.0905. The Labute approximate surface area is 124 Å². The Morgan fingerprint density at radius 3 is 2.80 bits per heavy atom. The smallest absolute Gasteiger partial charge is 0.223 e. The molecule has 0 radical (unpaired) electrons. The van der Waals surface area contributed by atoms with Crippen molar-refractivity contribution in [2.45, 2.75) is 31.5 Å². The molecule has 110 valence electrons. The van der Waals surface area contributed by atoms with Crippen LogP contribution >= 0.6 is 11.6 Å². The van der Waals surface area contributed by atoms with E-state index in [1.54, 1.807) is 4.90 Å². The van der Waals surface area contributed by atoms with E-state index in [1.165, 1.54) is 0 Å². The largest absolute Gasteiger partial charge is 0.390 e. The van der Waals surface area contributed by atoms with E-state index in [2.05, 4.69) is 0 Å². The number of aliphatic hydroxyl groups is 1. The van der Waals surface area contributed by atoms with Gasteiger partial charge in [0.1, 0.15) is 0 Å². The predicted molar refractivity (Wildman–Crippen MR) is 79.6 cm³/mol. The van der Waals surface area contributed by atoms with Gasteiger partial charge < -0.3 is 14.9 Å². The van der Waals surface area contributed by atoms with Gasteiger partial charge in [-0.25, -0.2) is 0 Å². The van der Waals surface area contributed by atoms with Crippen LogP contribution in [0.15, 0.2) is 24.3 Å². The Bertz CT molecular complexity index is 479. The van der Waals surface area contributed by atoms with E-state index in [9.17, 15) is 9.90 Å². The molecular formula is C15H21ClN2O2. The summed E-state index contributed by atoms with van der Waals surface area (Å²) in [6.45, 7) is 1.02. The van der Waals surface area contributed by atoms with E-state index in [0.717, 1.165) is 5.56 Å². The lowest BCUT2D eigenvalue weighted by molar-refractivity contribution is -0.131. The van der Waals surface area contributed by atoms with Crippen molar-refractivity contribution in [3.63, 3.8) is 0 Å².